The maximum Gasteiger partial charge on any atom is 0 e. The van der Waals surface area contributed by atoms with Crippen molar-refractivity contribution in [3.8, 4) is 0 Å². The molecule has 4 heteroatoms. The van der Waals surface area contributed by atoms with Gasteiger partial charge in [0.15, 0.2) is 0 Å². The molecule has 0 unspecified atom stereocenters. The Morgan fingerprint density at radius 3 is 1.00 bits per heavy atom. The van der Waals surface area contributed by atoms with E-state index in [2.05, 4.69) is 57.2 Å². The maximum absolute atomic E-state index is 7.58. The zero-order chi connectivity index (χ0) is 17.4. The molecule has 0 radical (unpaired) electrons. The van der Waals surface area contributed by atoms with E-state index in [0.29, 0.717) is 0 Å². The third kappa shape index (κ3) is 3.35. The number of aryl methyl sites for hydroxylation is 3. The van der Waals surface area contributed by atoms with E-state index in [4.69, 9.17) is 22.5 Å². The summed E-state index contributed by atoms with van der Waals surface area (Å²) >= 11 is 15.2. The first-order valence-electron chi connectivity index (χ1n) is 7.99. The van der Waals surface area contributed by atoms with Gasteiger partial charge >= 0.3 is 154 Å². The summed E-state index contributed by atoms with van der Waals surface area (Å²) in [5, 5.41) is -0.503. The van der Waals surface area contributed by atoms with Crippen LogP contribution in [0.3, 0.4) is 0 Å². The minimum atomic E-state index is -3.57. The van der Waals surface area contributed by atoms with Crippen molar-refractivity contribution in [3.63, 3.8) is 0 Å². The standard InChI is InChI=1S/C21H21Cl2P.Pd/c1-16-10-4-7-13-19(16)24(22,23,20-14-8-5-11-17(20)2)21-15-9-6-12-18(21)3;/h4-15H,1-3H3;. The van der Waals surface area contributed by atoms with Crippen LogP contribution in [0.5, 0.6) is 0 Å². The number of benzene rings is 3. The Bertz CT molecular complexity index is 788. The summed E-state index contributed by atoms with van der Waals surface area (Å²) in [4.78, 5) is 0. The molecule has 25 heavy (non-hydrogen) atoms. The first-order chi connectivity index (χ1) is 11.4. The zero-order valence-corrected chi connectivity index (χ0v) is 18.4. The van der Waals surface area contributed by atoms with Gasteiger partial charge in [-0.2, -0.15) is 0 Å². The molecule has 0 aromatic heterocycles. The van der Waals surface area contributed by atoms with Gasteiger partial charge in [0, 0.05) is 20.4 Å². The fourth-order valence-corrected chi connectivity index (χ4v) is 10.7. The fourth-order valence-electron chi connectivity index (χ4n) is 3.40. The van der Waals surface area contributed by atoms with Crippen LogP contribution in [-0.2, 0) is 20.4 Å². The molecule has 3 aromatic carbocycles. The Morgan fingerprint density at radius 2 is 0.760 bits per heavy atom. The van der Waals surface area contributed by atoms with Gasteiger partial charge < -0.3 is 0 Å². The molecular formula is C21H21Cl2PPd. The average Bonchev–Trinajstić information content (AvgIpc) is 2.56. The monoisotopic (exact) mass is 480 g/mol. The van der Waals surface area contributed by atoms with Crippen molar-refractivity contribution in [2.45, 2.75) is 20.8 Å². The van der Waals surface area contributed by atoms with Gasteiger partial charge in [-0.05, 0) is 0 Å². The van der Waals surface area contributed by atoms with E-state index in [1.807, 2.05) is 36.4 Å². The largest absolute Gasteiger partial charge is 0 e. The molecule has 3 rings (SSSR count). The van der Waals surface area contributed by atoms with Crippen LogP contribution in [0.2, 0.25) is 0 Å². The number of hydrogen-bond acceptors (Lipinski definition) is 0. The van der Waals surface area contributed by atoms with E-state index in [9.17, 15) is 0 Å². The van der Waals surface area contributed by atoms with Crippen LogP contribution in [0.4, 0.5) is 0 Å². The first kappa shape index (κ1) is 20.6. The summed E-state index contributed by atoms with van der Waals surface area (Å²) in [6.07, 6.45) is 0. The van der Waals surface area contributed by atoms with Gasteiger partial charge in [0.2, 0.25) is 0 Å². The second kappa shape index (κ2) is 7.52. The Hall–Kier alpha value is -0.668. The second-order valence-electron chi connectivity index (χ2n) is 6.27. The van der Waals surface area contributed by atoms with Crippen molar-refractivity contribution in [2.75, 3.05) is 0 Å². The molecule has 3 aromatic rings. The van der Waals surface area contributed by atoms with Crippen LogP contribution < -0.4 is 15.9 Å². The van der Waals surface area contributed by atoms with Gasteiger partial charge in [-0.1, -0.05) is 0 Å². The quantitative estimate of drug-likeness (QED) is 0.330. The average molecular weight is 482 g/mol. The van der Waals surface area contributed by atoms with Gasteiger partial charge in [0.1, 0.15) is 0 Å². The molecule has 0 bridgehead atoms. The van der Waals surface area contributed by atoms with Crippen molar-refractivity contribution in [2.24, 2.45) is 0 Å². The molecule has 0 heterocycles. The van der Waals surface area contributed by atoms with Crippen molar-refractivity contribution < 1.29 is 20.4 Å². The molecule has 0 aliphatic heterocycles. The molecule has 0 spiro atoms. The van der Waals surface area contributed by atoms with Crippen molar-refractivity contribution >= 4 is 43.7 Å². The predicted octanol–water partition coefficient (Wildman–Crippen LogP) is 5.75. The summed E-state index contributed by atoms with van der Waals surface area (Å²) < 4.78 is 0. The van der Waals surface area contributed by atoms with Crippen LogP contribution in [0.25, 0.3) is 0 Å². The van der Waals surface area contributed by atoms with Crippen LogP contribution in [0, 0.1) is 20.8 Å². The van der Waals surface area contributed by atoms with Gasteiger partial charge in [0.05, 0.1) is 0 Å². The Morgan fingerprint density at radius 1 is 0.520 bits per heavy atom. The van der Waals surface area contributed by atoms with E-state index in [1.165, 1.54) is 0 Å². The van der Waals surface area contributed by atoms with Crippen molar-refractivity contribution in [1.29, 1.82) is 0 Å². The van der Waals surface area contributed by atoms with E-state index >= 15 is 0 Å². The van der Waals surface area contributed by atoms with Crippen molar-refractivity contribution in [1.82, 2.24) is 0 Å². The molecule has 0 saturated carbocycles. The van der Waals surface area contributed by atoms with Gasteiger partial charge in [-0.3, -0.25) is 0 Å². The summed E-state index contributed by atoms with van der Waals surface area (Å²) in [5.74, 6) is 0. The summed E-state index contributed by atoms with van der Waals surface area (Å²) in [5.41, 5.74) is 3.35. The normalized spacial score (nSPS) is 12.8. The molecule has 134 valence electrons. The van der Waals surface area contributed by atoms with Crippen LogP contribution in [0.1, 0.15) is 16.7 Å². The maximum atomic E-state index is 7.58. The zero-order valence-electron chi connectivity index (χ0n) is 14.4. The van der Waals surface area contributed by atoms with E-state index < -0.39 is 5.31 Å². The second-order valence-corrected chi connectivity index (χ2v) is 14.1. The van der Waals surface area contributed by atoms with E-state index in [-0.39, 0.29) is 20.4 Å². The number of hydrogen-bond donors (Lipinski definition) is 0. The molecular weight excluding hydrogens is 461 g/mol. The van der Waals surface area contributed by atoms with Gasteiger partial charge in [-0.25, -0.2) is 0 Å². The van der Waals surface area contributed by atoms with Gasteiger partial charge in [-0.15, -0.1) is 0 Å². The summed E-state index contributed by atoms with van der Waals surface area (Å²) in [6, 6.07) is 24.6. The molecule has 0 aliphatic carbocycles. The summed E-state index contributed by atoms with van der Waals surface area (Å²) in [7, 11) is 0. The third-order valence-electron chi connectivity index (χ3n) is 4.62. The molecule has 0 atom stereocenters. The fraction of sp³-hybridized carbons (Fsp3) is 0.143. The predicted molar refractivity (Wildman–Crippen MR) is 111 cm³/mol. The van der Waals surface area contributed by atoms with Crippen LogP contribution in [0.15, 0.2) is 72.8 Å². The molecule has 0 amide bonds. The first-order valence-corrected chi connectivity index (χ1v) is 12.0. The van der Waals surface area contributed by atoms with Crippen LogP contribution >= 0.6 is 27.8 Å². The molecule has 0 nitrogen and oxygen atoms in total. The minimum Gasteiger partial charge on any atom is 0 e. The third-order valence-corrected chi connectivity index (χ3v) is 11.9. The number of rotatable bonds is 3. The Balaban J connectivity index is 0.00000225. The smallest absolute Gasteiger partial charge is 0 e. The molecule has 0 aliphatic rings. The Kier molecular flexibility index (Phi) is 6.21. The SMILES string of the molecule is Cc1ccccc1P(Cl)(Cl)(c1ccccc1C)c1ccccc1C.[Pd]. The minimum absolute atomic E-state index is 0. The van der Waals surface area contributed by atoms with Crippen molar-refractivity contribution in [3.05, 3.63) is 89.5 Å². The molecule has 0 saturated heterocycles. The Labute approximate surface area is 173 Å². The number of halogens is 2. The molecule has 0 fully saturated rings. The summed E-state index contributed by atoms with van der Waals surface area (Å²) in [6.45, 7) is 6.24. The molecule has 0 N–H and O–H groups in total. The van der Waals surface area contributed by atoms with E-state index in [1.54, 1.807) is 0 Å². The van der Waals surface area contributed by atoms with Crippen LogP contribution in [-0.4, -0.2) is 0 Å². The van der Waals surface area contributed by atoms with Gasteiger partial charge in [0.25, 0.3) is 0 Å². The van der Waals surface area contributed by atoms with E-state index in [0.717, 1.165) is 32.6 Å². The topological polar surface area (TPSA) is 0 Å².